The van der Waals surface area contributed by atoms with Crippen LogP contribution in [0.3, 0.4) is 0 Å². The van der Waals surface area contributed by atoms with E-state index in [9.17, 15) is 0 Å². The van der Waals surface area contributed by atoms with Gasteiger partial charge in [-0.3, -0.25) is 0 Å². The van der Waals surface area contributed by atoms with Crippen LogP contribution in [0.4, 0.5) is 11.5 Å². The van der Waals surface area contributed by atoms with Gasteiger partial charge in [0.2, 0.25) is 0 Å². The SMILES string of the molecule is Cc1ccc(Cl)cc1Nc1ncnc(Cl)c1C. The quantitative estimate of drug-likeness (QED) is 0.831. The van der Waals surface area contributed by atoms with Gasteiger partial charge in [-0.1, -0.05) is 29.3 Å². The number of hydrogen-bond donors (Lipinski definition) is 1. The third kappa shape index (κ3) is 2.68. The molecule has 0 amide bonds. The number of halogens is 2. The van der Waals surface area contributed by atoms with Gasteiger partial charge in [-0.25, -0.2) is 9.97 Å². The summed E-state index contributed by atoms with van der Waals surface area (Å²) in [6.07, 6.45) is 1.43. The Balaban J connectivity index is 2.38. The van der Waals surface area contributed by atoms with Crippen LogP contribution in [-0.4, -0.2) is 9.97 Å². The highest BCUT2D eigenvalue weighted by Crippen LogP contribution is 2.26. The highest BCUT2D eigenvalue weighted by atomic mass is 35.5. The number of aromatic nitrogens is 2. The average molecular weight is 268 g/mol. The van der Waals surface area contributed by atoms with Crippen LogP contribution in [-0.2, 0) is 0 Å². The smallest absolute Gasteiger partial charge is 0.138 e. The first-order valence-electron chi connectivity index (χ1n) is 5.08. The molecule has 1 heterocycles. The third-order valence-corrected chi connectivity index (χ3v) is 3.09. The summed E-state index contributed by atoms with van der Waals surface area (Å²) in [5, 5.41) is 4.33. The van der Waals surface area contributed by atoms with Crippen molar-refractivity contribution in [2.75, 3.05) is 5.32 Å². The minimum Gasteiger partial charge on any atom is -0.340 e. The third-order valence-electron chi connectivity index (χ3n) is 2.48. The lowest BCUT2D eigenvalue weighted by Crippen LogP contribution is -1.99. The van der Waals surface area contributed by atoms with Crippen molar-refractivity contribution in [1.82, 2.24) is 9.97 Å². The second-order valence-corrected chi connectivity index (χ2v) is 4.52. The largest absolute Gasteiger partial charge is 0.340 e. The molecule has 0 aliphatic rings. The van der Waals surface area contributed by atoms with E-state index in [1.54, 1.807) is 0 Å². The van der Waals surface area contributed by atoms with Crippen LogP contribution in [0.2, 0.25) is 10.2 Å². The van der Waals surface area contributed by atoms with E-state index in [4.69, 9.17) is 23.2 Å². The van der Waals surface area contributed by atoms with E-state index in [-0.39, 0.29) is 0 Å². The van der Waals surface area contributed by atoms with Gasteiger partial charge in [0.15, 0.2) is 0 Å². The Morgan fingerprint density at radius 1 is 1.12 bits per heavy atom. The summed E-state index contributed by atoms with van der Waals surface area (Å²) in [7, 11) is 0. The molecule has 0 saturated carbocycles. The Morgan fingerprint density at radius 3 is 2.65 bits per heavy atom. The average Bonchev–Trinajstić information content (AvgIpc) is 2.30. The lowest BCUT2D eigenvalue weighted by atomic mass is 10.2. The number of hydrogen-bond acceptors (Lipinski definition) is 3. The lowest BCUT2D eigenvalue weighted by molar-refractivity contribution is 1.13. The van der Waals surface area contributed by atoms with Crippen LogP contribution >= 0.6 is 23.2 Å². The molecule has 1 aromatic carbocycles. The highest BCUT2D eigenvalue weighted by Gasteiger charge is 2.06. The van der Waals surface area contributed by atoms with E-state index >= 15 is 0 Å². The van der Waals surface area contributed by atoms with Gasteiger partial charge in [-0.2, -0.15) is 0 Å². The van der Waals surface area contributed by atoms with E-state index in [2.05, 4.69) is 15.3 Å². The highest BCUT2D eigenvalue weighted by molar-refractivity contribution is 6.31. The molecular weight excluding hydrogens is 257 g/mol. The van der Waals surface area contributed by atoms with Crippen molar-refractivity contribution in [1.29, 1.82) is 0 Å². The van der Waals surface area contributed by atoms with E-state index in [0.717, 1.165) is 16.8 Å². The summed E-state index contributed by atoms with van der Waals surface area (Å²) in [4.78, 5) is 8.06. The predicted octanol–water partition coefficient (Wildman–Crippen LogP) is 4.14. The topological polar surface area (TPSA) is 37.8 Å². The predicted molar refractivity (Wildman–Crippen MR) is 71.3 cm³/mol. The molecule has 1 aromatic heterocycles. The van der Waals surface area contributed by atoms with Crippen LogP contribution < -0.4 is 5.32 Å². The van der Waals surface area contributed by atoms with Crippen LogP contribution in [0, 0.1) is 13.8 Å². The maximum absolute atomic E-state index is 5.96. The summed E-state index contributed by atoms with van der Waals surface area (Å²) in [6.45, 7) is 3.86. The maximum Gasteiger partial charge on any atom is 0.138 e. The molecule has 1 N–H and O–H groups in total. The number of aryl methyl sites for hydroxylation is 1. The van der Waals surface area contributed by atoms with E-state index in [0.29, 0.717) is 16.0 Å². The van der Waals surface area contributed by atoms with Gasteiger partial charge >= 0.3 is 0 Å². The summed E-state index contributed by atoms with van der Waals surface area (Å²) < 4.78 is 0. The minimum atomic E-state index is 0.446. The minimum absolute atomic E-state index is 0.446. The van der Waals surface area contributed by atoms with Crippen molar-refractivity contribution >= 4 is 34.7 Å². The molecule has 3 nitrogen and oxygen atoms in total. The second-order valence-electron chi connectivity index (χ2n) is 3.72. The normalized spacial score (nSPS) is 10.4. The summed E-state index contributed by atoms with van der Waals surface area (Å²) in [5.41, 5.74) is 2.81. The number of benzene rings is 1. The second kappa shape index (κ2) is 4.90. The van der Waals surface area contributed by atoms with Crippen LogP contribution in [0.5, 0.6) is 0 Å². The summed E-state index contributed by atoms with van der Waals surface area (Å²) in [6, 6.07) is 5.65. The number of rotatable bonds is 2. The van der Waals surface area contributed by atoms with Gasteiger partial charge in [-0.05, 0) is 31.5 Å². The Labute approximate surface area is 110 Å². The fourth-order valence-corrected chi connectivity index (χ4v) is 1.72. The molecule has 0 aliphatic heterocycles. The van der Waals surface area contributed by atoms with Gasteiger partial charge < -0.3 is 5.32 Å². The van der Waals surface area contributed by atoms with Gasteiger partial charge in [0.05, 0.1) is 0 Å². The Morgan fingerprint density at radius 2 is 1.88 bits per heavy atom. The van der Waals surface area contributed by atoms with Crippen molar-refractivity contribution in [3.63, 3.8) is 0 Å². The molecule has 0 fully saturated rings. The Kier molecular flexibility index (Phi) is 3.50. The van der Waals surface area contributed by atoms with E-state index < -0.39 is 0 Å². The number of nitrogens with zero attached hydrogens (tertiary/aromatic N) is 2. The molecule has 0 unspecified atom stereocenters. The molecule has 17 heavy (non-hydrogen) atoms. The molecule has 2 rings (SSSR count). The fourth-order valence-electron chi connectivity index (χ4n) is 1.41. The molecule has 0 atom stereocenters. The lowest BCUT2D eigenvalue weighted by Gasteiger charge is -2.11. The van der Waals surface area contributed by atoms with Gasteiger partial charge in [0.1, 0.15) is 17.3 Å². The number of anilines is 2. The molecule has 0 aliphatic carbocycles. The van der Waals surface area contributed by atoms with Crippen molar-refractivity contribution < 1.29 is 0 Å². The Hall–Kier alpha value is -1.32. The zero-order chi connectivity index (χ0) is 12.4. The molecule has 5 heteroatoms. The van der Waals surface area contributed by atoms with Crippen molar-refractivity contribution in [3.05, 3.63) is 45.8 Å². The molecule has 0 saturated heterocycles. The zero-order valence-electron chi connectivity index (χ0n) is 9.46. The van der Waals surface area contributed by atoms with Gasteiger partial charge in [-0.15, -0.1) is 0 Å². The molecule has 2 aromatic rings. The summed E-state index contributed by atoms with van der Waals surface area (Å²) >= 11 is 11.9. The van der Waals surface area contributed by atoms with Crippen LogP contribution in [0.1, 0.15) is 11.1 Å². The fraction of sp³-hybridized carbons (Fsp3) is 0.167. The first-order chi connectivity index (χ1) is 8.08. The first kappa shape index (κ1) is 12.1. The molecule has 0 radical (unpaired) electrons. The zero-order valence-corrected chi connectivity index (χ0v) is 11.0. The number of nitrogens with one attached hydrogen (secondary N) is 1. The molecular formula is C12H11Cl2N3. The van der Waals surface area contributed by atoms with Crippen LogP contribution in [0.25, 0.3) is 0 Å². The molecule has 0 bridgehead atoms. The van der Waals surface area contributed by atoms with Crippen LogP contribution in [0.15, 0.2) is 24.5 Å². The van der Waals surface area contributed by atoms with Gasteiger partial charge in [0, 0.05) is 16.3 Å². The Bertz CT molecular complexity index is 555. The molecule has 0 spiro atoms. The molecule has 88 valence electrons. The monoisotopic (exact) mass is 267 g/mol. The van der Waals surface area contributed by atoms with Crippen molar-refractivity contribution in [2.45, 2.75) is 13.8 Å². The summed E-state index contributed by atoms with van der Waals surface area (Å²) in [5.74, 6) is 0.690. The van der Waals surface area contributed by atoms with E-state index in [1.165, 1.54) is 6.33 Å². The first-order valence-corrected chi connectivity index (χ1v) is 5.84. The maximum atomic E-state index is 5.96. The van der Waals surface area contributed by atoms with Crippen molar-refractivity contribution in [3.8, 4) is 0 Å². The van der Waals surface area contributed by atoms with Gasteiger partial charge in [0.25, 0.3) is 0 Å². The van der Waals surface area contributed by atoms with Crippen molar-refractivity contribution in [2.24, 2.45) is 0 Å². The standard InChI is InChI=1S/C12H11Cl2N3/c1-7-3-4-9(13)5-10(7)17-12-8(2)11(14)15-6-16-12/h3-6H,1-2H3,(H,15,16,17). The van der Waals surface area contributed by atoms with E-state index in [1.807, 2.05) is 32.0 Å².